The number of nitrogens with one attached hydrogen (secondary N) is 1. The molecule has 0 saturated heterocycles. The molecule has 1 N–H and O–H groups in total. The van der Waals surface area contributed by atoms with Crippen molar-refractivity contribution < 1.29 is 8.42 Å². The van der Waals surface area contributed by atoms with Crippen molar-refractivity contribution in [3.8, 4) is 0 Å². The maximum absolute atomic E-state index is 12.5. The van der Waals surface area contributed by atoms with Crippen LogP contribution in [0.4, 0.5) is 11.6 Å². The van der Waals surface area contributed by atoms with Gasteiger partial charge >= 0.3 is 0 Å². The van der Waals surface area contributed by atoms with Crippen LogP contribution in [0.25, 0.3) is 0 Å². The van der Waals surface area contributed by atoms with E-state index >= 15 is 0 Å². The van der Waals surface area contributed by atoms with Crippen molar-refractivity contribution in [2.75, 3.05) is 23.2 Å². The number of anilines is 2. The quantitative estimate of drug-likeness (QED) is 0.915. The molecule has 0 saturated carbocycles. The van der Waals surface area contributed by atoms with Crippen LogP contribution in [0.15, 0.2) is 41.6 Å². The number of rotatable bonds is 5. The molecule has 0 aliphatic carbocycles. The van der Waals surface area contributed by atoms with E-state index in [9.17, 15) is 8.42 Å². The van der Waals surface area contributed by atoms with E-state index in [1.165, 1.54) is 23.7 Å². The molecule has 0 amide bonds. The highest BCUT2D eigenvalue weighted by Crippen LogP contribution is 2.21. The van der Waals surface area contributed by atoms with Gasteiger partial charge in [0, 0.05) is 13.6 Å². The molecule has 0 fully saturated rings. The van der Waals surface area contributed by atoms with Crippen LogP contribution >= 0.6 is 0 Å². The van der Waals surface area contributed by atoms with Crippen LogP contribution in [0.2, 0.25) is 0 Å². The Hall–Kier alpha value is -2.15. The summed E-state index contributed by atoms with van der Waals surface area (Å²) in [6.07, 6.45) is 2.62. The highest BCUT2D eigenvalue weighted by atomic mass is 32.2. The number of hydrogen-bond acceptors (Lipinski definition) is 5. The third-order valence-corrected chi connectivity index (χ3v) is 4.76. The second-order valence-electron chi connectivity index (χ2n) is 4.58. The summed E-state index contributed by atoms with van der Waals surface area (Å²) in [5.74, 6) is 0.412. The first-order valence-electron chi connectivity index (χ1n) is 6.56. The van der Waals surface area contributed by atoms with E-state index in [2.05, 4.69) is 15.3 Å². The number of sulfonamides is 1. The second-order valence-corrected chi connectivity index (χ2v) is 6.55. The molecule has 0 aliphatic heterocycles. The molecule has 21 heavy (non-hydrogen) atoms. The molecule has 0 radical (unpaired) electrons. The lowest BCUT2D eigenvalue weighted by Gasteiger charge is -2.19. The predicted molar refractivity (Wildman–Crippen MR) is 83.0 cm³/mol. The fourth-order valence-electron chi connectivity index (χ4n) is 1.75. The zero-order valence-electron chi connectivity index (χ0n) is 12.2. The Kier molecular flexibility index (Phi) is 4.42. The minimum atomic E-state index is -3.66. The van der Waals surface area contributed by atoms with Crippen molar-refractivity contribution in [2.24, 2.45) is 0 Å². The Balaban J connectivity index is 2.30. The SMILES string of the molecule is CCNc1ncc(S(=O)(=O)N(C)c2ccc(C)cc2)cn1. The molecular weight excluding hydrogens is 288 g/mol. The Bertz CT molecular complexity index is 697. The second kappa shape index (κ2) is 6.09. The van der Waals surface area contributed by atoms with Crippen LogP contribution in [0.5, 0.6) is 0 Å². The average molecular weight is 306 g/mol. The smallest absolute Gasteiger partial charge is 0.267 e. The molecule has 6 nitrogen and oxygen atoms in total. The van der Waals surface area contributed by atoms with E-state index < -0.39 is 10.0 Å². The van der Waals surface area contributed by atoms with Crippen molar-refractivity contribution >= 4 is 21.7 Å². The fraction of sp³-hybridized carbons (Fsp3) is 0.286. The zero-order valence-corrected chi connectivity index (χ0v) is 13.1. The van der Waals surface area contributed by atoms with Crippen LogP contribution in [0.1, 0.15) is 12.5 Å². The predicted octanol–water partition coefficient (Wildman–Crippen LogP) is 2.04. The zero-order chi connectivity index (χ0) is 15.5. The fourth-order valence-corrected chi connectivity index (χ4v) is 2.84. The Morgan fingerprint density at radius 1 is 1.14 bits per heavy atom. The monoisotopic (exact) mass is 306 g/mol. The van der Waals surface area contributed by atoms with Crippen LogP contribution in [-0.2, 0) is 10.0 Å². The third-order valence-electron chi connectivity index (χ3n) is 3.02. The van der Waals surface area contributed by atoms with E-state index in [-0.39, 0.29) is 4.90 Å². The van der Waals surface area contributed by atoms with Crippen LogP contribution < -0.4 is 9.62 Å². The molecule has 2 rings (SSSR count). The summed E-state index contributed by atoms with van der Waals surface area (Å²) in [6, 6.07) is 7.26. The summed E-state index contributed by atoms with van der Waals surface area (Å²) in [5, 5.41) is 2.92. The molecule has 0 aliphatic rings. The molecule has 0 bridgehead atoms. The van der Waals surface area contributed by atoms with Gasteiger partial charge in [-0.15, -0.1) is 0 Å². The first kappa shape index (κ1) is 15.2. The maximum atomic E-state index is 12.5. The average Bonchev–Trinajstić information content (AvgIpc) is 2.48. The molecule has 1 aromatic heterocycles. The van der Waals surface area contributed by atoms with Crippen molar-refractivity contribution in [1.82, 2.24) is 9.97 Å². The third kappa shape index (κ3) is 3.30. The number of aryl methyl sites for hydroxylation is 1. The van der Waals surface area contributed by atoms with Crippen LogP contribution in [-0.4, -0.2) is 32.0 Å². The molecular formula is C14H18N4O2S. The standard InChI is InChI=1S/C14H18N4O2S/c1-4-15-14-16-9-13(10-17-14)21(19,20)18(3)12-7-5-11(2)6-8-12/h5-10H,4H2,1-3H3,(H,15,16,17). The number of nitrogens with zero attached hydrogens (tertiary/aromatic N) is 3. The highest BCUT2D eigenvalue weighted by Gasteiger charge is 2.22. The molecule has 1 aromatic carbocycles. The van der Waals surface area contributed by atoms with Gasteiger partial charge in [0.15, 0.2) is 0 Å². The number of hydrogen-bond donors (Lipinski definition) is 1. The normalized spacial score (nSPS) is 11.2. The van der Waals surface area contributed by atoms with Crippen molar-refractivity contribution in [3.05, 3.63) is 42.2 Å². The molecule has 0 unspecified atom stereocenters. The number of aromatic nitrogens is 2. The Labute approximate surface area is 124 Å². The molecule has 0 spiro atoms. The van der Waals surface area contributed by atoms with Gasteiger partial charge < -0.3 is 5.32 Å². The summed E-state index contributed by atoms with van der Waals surface area (Å²) in [7, 11) is -2.14. The van der Waals surface area contributed by atoms with E-state index in [4.69, 9.17) is 0 Å². The van der Waals surface area contributed by atoms with Crippen LogP contribution in [0.3, 0.4) is 0 Å². The first-order chi connectivity index (χ1) is 9.95. The minimum absolute atomic E-state index is 0.0622. The van der Waals surface area contributed by atoms with Gasteiger partial charge in [0.1, 0.15) is 4.90 Å². The lowest BCUT2D eigenvalue weighted by Crippen LogP contribution is -2.26. The van der Waals surface area contributed by atoms with Crippen molar-refractivity contribution in [3.63, 3.8) is 0 Å². The number of benzene rings is 1. The Morgan fingerprint density at radius 3 is 2.24 bits per heavy atom. The molecule has 7 heteroatoms. The maximum Gasteiger partial charge on any atom is 0.267 e. The van der Waals surface area contributed by atoms with Gasteiger partial charge in [-0.05, 0) is 26.0 Å². The van der Waals surface area contributed by atoms with Gasteiger partial charge in [-0.3, -0.25) is 4.31 Å². The highest BCUT2D eigenvalue weighted by molar-refractivity contribution is 7.92. The largest absolute Gasteiger partial charge is 0.355 e. The van der Waals surface area contributed by atoms with Crippen molar-refractivity contribution in [2.45, 2.75) is 18.7 Å². The van der Waals surface area contributed by atoms with Gasteiger partial charge in [0.25, 0.3) is 10.0 Å². The van der Waals surface area contributed by atoms with Crippen molar-refractivity contribution in [1.29, 1.82) is 0 Å². The summed E-state index contributed by atoms with van der Waals surface area (Å²) >= 11 is 0. The summed E-state index contributed by atoms with van der Waals surface area (Å²) in [5.41, 5.74) is 1.67. The summed E-state index contributed by atoms with van der Waals surface area (Å²) in [4.78, 5) is 8.06. The molecule has 112 valence electrons. The molecule has 0 atom stereocenters. The molecule has 1 heterocycles. The lowest BCUT2D eigenvalue weighted by atomic mass is 10.2. The lowest BCUT2D eigenvalue weighted by molar-refractivity contribution is 0.593. The van der Waals surface area contributed by atoms with Gasteiger partial charge in [-0.2, -0.15) is 0 Å². The van der Waals surface area contributed by atoms with Gasteiger partial charge in [-0.25, -0.2) is 18.4 Å². The van der Waals surface area contributed by atoms with Gasteiger partial charge in [0.2, 0.25) is 5.95 Å². The summed E-state index contributed by atoms with van der Waals surface area (Å²) < 4.78 is 26.2. The van der Waals surface area contributed by atoms with E-state index in [0.29, 0.717) is 18.2 Å². The first-order valence-corrected chi connectivity index (χ1v) is 8.00. The van der Waals surface area contributed by atoms with E-state index in [1.54, 1.807) is 12.1 Å². The summed E-state index contributed by atoms with van der Waals surface area (Å²) in [6.45, 7) is 4.54. The minimum Gasteiger partial charge on any atom is -0.355 e. The Morgan fingerprint density at radius 2 is 1.71 bits per heavy atom. The van der Waals surface area contributed by atoms with E-state index in [0.717, 1.165) is 5.56 Å². The topological polar surface area (TPSA) is 75.2 Å². The van der Waals surface area contributed by atoms with Crippen LogP contribution in [0, 0.1) is 6.92 Å². The van der Waals surface area contributed by atoms with Gasteiger partial charge in [-0.1, -0.05) is 17.7 Å². The van der Waals surface area contributed by atoms with E-state index in [1.807, 2.05) is 26.0 Å². The van der Waals surface area contributed by atoms with Gasteiger partial charge in [0.05, 0.1) is 18.1 Å². The molecule has 2 aromatic rings.